The SMILES string of the molecule is CN(C1=CCCC=C1)c1ccc(N(C)C2=CCCC=C2)cc1. The molecule has 0 aliphatic heterocycles. The number of benzene rings is 1. The molecule has 2 aliphatic carbocycles. The van der Waals surface area contributed by atoms with E-state index in [1.807, 2.05) is 0 Å². The van der Waals surface area contributed by atoms with Gasteiger partial charge in [-0.05, 0) is 62.1 Å². The van der Waals surface area contributed by atoms with E-state index in [0.717, 1.165) is 25.7 Å². The maximum Gasteiger partial charge on any atom is 0.0409 e. The Morgan fingerprint density at radius 3 is 1.36 bits per heavy atom. The molecule has 0 spiro atoms. The van der Waals surface area contributed by atoms with Gasteiger partial charge in [-0.25, -0.2) is 0 Å². The van der Waals surface area contributed by atoms with Crippen molar-refractivity contribution >= 4 is 11.4 Å². The highest BCUT2D eigenvalue weighted by molar-refractivity contribution is 5.62. The van der Waals surface area contributed by atoms with Crippen LogP contribution >= 0.6 is 0 Å². The molecule has 0 saturated heterocycles. The van der Waals surface area contributed by atoms with Crippen molar-refractivity contribution in [3.63, 3.8) is 0 Å². The van der Waals surface area contributed by atoms with Crippen LogP contribution in [0.2, 0.25) is 0 Å². The Labute approximate surface area is 133 Å². The number of nitrogens with zero attached hydrogens (tertiary/aromatic N) is 2. The smallest absolute Gasteiger partial charge is 0.0409 e. The second kappa shape index (κ2) is 6.69. The van der Waals surface area contributed by atoms with Crippen LogP contribution in [0.25, 0.3) is 0 Å². The highest BCUT2D eigenvalue weighted by atomic mass is 15.1. The molecular weight excluding hydrogens is 268 g/mol. The van der Waals surface area contributed by atoms with Crippen molar-refractivity contribution in [3.05, 3.63) is 72.1 Å². The normalized spacial score (nSPS) is 17.0. The molecule has 0 bridgehead atoms. The fourth-order valence-electron chi connectivity index (χ4n) is 2.89. The quantitative estimate of drug-likeness (QED) is 0.768. The van der Waals surface area contributed by atoms with Crippen LogP contribution in [-0.4, -0.2) is 14.1 Å². The topological polar surface area (TPSA) is 6.48 Å². The summed E-state index contributed by atoms with van der Waals surface area (Å²) in [6.07, 6.45) is 18.1. The Morgan fingerprint density at radius 1 is 0.636 bits per heavy atom. The molecule has 22 heavy (non-hydrogen) atoms. The van der Waals surface area contributed by atoms with Crippen molar-refractivity contribution in [1.29, 1.82) is 0 Å². The van der Waals surface area contributed by atoms with Gasteiger partial charge in [0.25, 0.3) is 0 Å². The molecule has 0 unspecified atom stereocenters. The van der Waals surface area contributed by atoms with Crippen molar-refractivity contribution in [3.8, 4) is 0 Å². The first-order valence-electron chi connectivity index (χ1n) is 8.06. The molecule has 2 nitrogen and oxygen atoms in total. The van der Waals surface area contributed by atoms with E-state index in [4.69, 9.17) is 0 Å². The largest absolute Gasteiger partial charge is 0.345 e. The fraction of sp³-hybridized carbons (Fsp3) is 0.300. The van der Waals surface area contributed by atoms with Gasteiger partial charge in [0.15, 0.2) is 0 Å². The lowest BCUT2D eigenvalue weighted by Gasteiger charge is -2.25. The monoisotopic (exact) mass is 292 g/mol. The van der Waals surface area contributed by atoms with Crippen LogP contribution in [0.4, 0.5) is 11.4 Å². The lowest BCUT2D eigenvalue weighted by molar-refractivity contribution is 0.979. The molecule has 0 amide bonds. The predicted molar refractivity (Wildman–Crippen MR) is 96.2 cm³/mol. The maximum atomic E-state index is 2.30. The van der Waals surface area contributed by atoms with Crippen LogP contribution in [0, 0.1) is 0 Å². The van der Waals surface area contributed by atoms with E-state index in [1.165, 1.54) is 22.8 Å². The van der Waals surface area contributed by atoms with Gasteiger partial charge in [-0.3, -0.25) is 0 Å². The molecule has 2 heteroatoms. The second-order valence-corrected chi connectivity index (χ2v) is 5.85. The van der Waals surface area contributed by atoms with E-state index in [0.29, 0.717) is 0 Å². The fourth-order valence-corrected chi connectivity index (χ4v) is 2.89. The van der Waals surface area contributed by atoms with Crippen molar-refractivity contribution < 1.29 is 0 Å². The maximum absolute atomic E-state index is 2.30. The van der Waals surface area contributed by atoms with Crippen LogP contribution in [0.15, 0.2) is 72.1 Å². The Bertz CT molecular complexity index is 575. The van der Waals surface area contributed by atoms with Gasteiger partial charge in [-0.15, -0.1) is 0 Å². The van der Waals surface area contributed by atoms with E-state index in [9.17, 15) is 0 Å². The van der Waals surface area contributed by atoms with Gasteiger partial charge in [0.1, 0.15) is 0 Å². The number of hydrogen-bond donors (Lipinski definition) is 0. The van der Waals surface area contributed by atoms with Crippen LogP contribution in [0.3, 0.4) is 0 Å². The highest BCUT2D eigenvalue weighted by Gasteiger charge is 2.09. The van der Waals surface area contributed by atoms with E-state index in [2.05, 4.69) is 84.6 Å². The van der Waals surface area contributed by atoms with Gasteiger partial charge in [-0.2, -0.15) is 0 Å². The Kier molecular flexibility index (Phi) is 4.47. The van der Waals surface area contributed by atoms with Crippen LogP contribution in [0.1, 0.15) is 25.7 Å². The molecule has 0 fully saturated rings. The molecule has 0 saturated carbocycles. The number of anilines is 2. The average molecular weight is 292 g/mol. The van der Waals surface area contributed by atoms with E-state index in [-0.39, 0.29) is 0 Å². The number of hydrogen-bond acceptors (Lipinski definition) is 2. The number of rotatable bonds is 4. The molecule has 1 aromatic rings. The first kappa shape index (κ1) is 14.7. The minimum Gasteiger partial charge on any atom is -0.345 e. The third kappa shape index (κ3) is 3.16. The van der Waals surface area contributed by atoms with Crippen LogP contribution < -0.4 is 9.80 Å². The van der Waals surface area contributed by atoms with Gasteiger partial charge in [0.05, 0.1) is 0 Å². The summed E-state index contributed by atoms with van der Waals surface area (Å²) in [7, 11) is 4.26. The summed E-state index contributed by atoms with van der Waals surface area (Å²) in [5.74, 6) is 0. The van der Waals surface area contributed by atoms with E-state index >= 15 is 0 Å². The van der Waals surface area contributed by atoms with Gasteiger partial charge in [0, 0.05) is 36.9 Å². The molecular formula is C20H24N2. The zero-order valence-corrected chi connectivity index (χ0v) is 13.5. The average Bonchev–Trinajstić information content (AvgIpc) is 2.62. The molecule has 1 aromatic carbocycles. The summed E-state index contributed by atoms with van der Waals surface area (Å²) in [6.45, 7) is 0. The lowest BCUT2D eigenvalue weighted by Crippen LogP contribution is -2.18. The standard InChI is InChI=1S/C20H24N2/c1-21(17-9-5-3-6-10-17)19-13-15-20(16-14-19)22(2)18-11-7-4-8-12-18/h5,7,9-16H,3-4,6,8H2,1-2H3. The first-order chi connectivity index (χ1) is 10.8. The number of likely N-dealkylation sites (N-methyl/N-ethyl adjacent to an activating group) is 2. The minimum absolute atomic E-state index is 1.14. The summed E-state index contributed by atoms with van der Waals surface area (Å²) >= 11 is 0. The highest BCUT2D eigenvalue weighted by Crippen LogP contribution is 2.26. The first-order valence-corrected chi connectivity index (χ1v) is 8.06. The summed E-state index contributed by atoms with van der Waals surface area (Å²) < 4.78 is 0. The Morgan fingerprint density at radius 2 is 1.05 bits per heavy atom. The molecule has 0 aromatic heterocycles. The van der Waals surface area contributed by atoms with E-state index < -0.39 is 0 Å². The van der Waals surface area contributed by atoms with E-state index in [1.54, 1.807) is 0 Å². The van der Waals surface area contributed by atoms with Crippen LogP contribution in [-0.2, 0) is 0 Å². The molecule has 0 N–H and O–H groups in total. The molecule has 0 radical (unpaired) electrons. The summed E-state index contributed by atoms with van der Waals surface area (Å²) in [6, 6.07) is 8.79. The minimum atomic E-state index is 1.14. The third-order valence-corrected chi connectivity index (χ3v) is 4.35. The van der Waals surface area contributed by atoms with Gasteiger partial charge in [-0.1, -0.05) is 24.3 Å². The van der Waals surface area contributed by atoms with Gasteiger partial charge >= 0.3 is 0 Å². The number of allylic oxidation sites excluding steroid dienone is 6. The molecule has 114 valence electrons. The third-order valence-electron chi connectivity index (χ3n) is 4.35. The van der Waals surface area contributed by atoms with Crippen molar-refractivity contribution in [2.75, 3.05) is 23.9 Å². The Hall–Kier alpha value is -2.22. The predicted octanol–water partition coefficient (Wildman–Crippen LogP) is 5.03. The van der Waals surface area contributed by atoms with Gasteiger partial charge in [0.2, 0.25) is 0 Å². The molecule has 3 rings (SSSR count). The molecule has 0 atom stereocenters. The molecule has 2 aliphatic rings. The van der Waals surface area contributed by atoms with Crippen LogP contribution in [0.5, 0.6) is 0 Å². The van der Waals surface area contributed by atoms with Crippen molar-refractivity contribution in [2.45, 2.75) is 25.7 Å². The molecule has 0 heterocycles. The summed E-state index contributed by atoms with van der Waals surface area (Å²) in [5.41, 5.74) is 5.02. The van der Waals surface area contributed by atoms with Crippen molar-refractivity contribution in [2.24, 2.45) is 0 Å². The second-order valence-electron chi connectivity index (χ2n) is 5.85. The Balaban J connectivity index is 1.75. The van der Waals surface area contributed by atoms with Crippen molar-refractivity contribution in [1.82, 2.24) is 0 Å². The zero-order chi connectivity index (χ0) is 15.4. The van der Waals surface area contributed by atoms with Gasteiger partial charge < -0.3 is 9.80 Å². The zero-order valence-electron chi connectivity index (χ0n) is 13.5. The lowest BCUT2D eigenvalue weighted by atomic mass is 10.1. The summed E-state index contributed by atoms with van der Waals surface area (Å²) in [4.78, 5) is 4.50. The summed E-state index contributed by atoms with van der Waals surface area (Å²) in [5, 5.41) is 0.